The maximum Gasteiger partial charge on any atom is 0.281 e. The van der Waals surface area contributed by atoms with Crippen LogP contribution in [0.25, 0.3) is 11.2 Å². The molecule has 2 aliphatic rings. The van der Waals surface area contributed by atoms with Crippen molar-refractivity contribution in [2.45, 2.75) is 73.2 Å². The third-order valence-electron chi connectivity index (χ3n) is 8.68. The number of nitrogens with one attached hydrogen (secondary N) is 1. The Morgan fingerprint density at radius 3 is 2.32 bits per heavy atom. The Morgan fingerprint density at radius 1 is 0.955 bits per heavy atom. The van der Waals surface area contributed by atoms with Gasteiger partial charge in [-0.2, -0.15) is 8.61 Å². The fraction of sp³-hybridized carbons (Fsp3) is 0.448. The van der Waals surface area contributed by atoms with Gasteiger partial charge in [0.15, 0.2) is 11.2 Å². The van der Waals surface area contributed by atoms with Crippen LogP contribution in [0.15, 0.2) is 63.1 Å². The first-order valence-corrected chi connectivity index (χ1v) is 18.0. The number of piperidine rings is 1. The lowest BCUT2D eigenvalue weighted by Crippen LogP contribution is -2.39. The predicted molar refractivity (Wildman–Crippen MR) is 165 cm³/mol. The highest BCUT2D eigenvalue weighted by atomic mass is 35.5. The van der Waals surface area contributed by atoms with Crippen LogP contribution in [0.1, 0.15) is 62.3 Å². The minimum Gasteiger partial charge on any atom is -0.308 e. The monoisotopic (exact) mass is 659 g/mol. The molecule has 234 valence electrons. The number of aromatic nitrogens is 5. The van der Waals surface area contributed by atoms with Crippen molar-refractivity contribution in [1.29, 1.82) is 0 Å². The fourth-order valence-corrected chi connectivity index (χ4v) is 9.20. The molecule has 0 amide bonds. The van der Waals surface area contributed by atoms with E-state index in [1.54, 1.807) is 17.8 Å². The molecule has 0 bridgehead atoms. The maximum atomic E-state index is 13.5. The van der Waals surface area contributed by atoms with E-state index in [0.29, 0.717) is 35.9 Å². The SMILES string of the molecule is CN(C1CCCCC1)S(=O)(=O)c1ccc(S(=O)(=O)N2CCC(c3nc4c(nnn4Cc4cccc(Cl)c4)c(=O)[nH]3)CC2)cc1. The zero-order chi connectivity index (χ0) is 31.1. The van der Waals surface area contributed by atoms with Gasteiger partial charge in [-0.1, -0.05) is 48.2 Å². The van der Waals surface area contributed by atoms with Gasteiger partial charge in [0.25, 0.3) is 5.56 Å². The number of benzene rings is 2. The van der Waals surface area contributed by atoms with Gasteiger partial charge in [-0.25, -0.2) is 26.5 Å². The van der Waals surface area contributed by atoms with Crippen LogP contribution < -0.4 is 5.56 Å². The second-order valence-electron chi connectivity index (χ2n) is 11.5. The first-order valence-electron chi connectivity index (χ1n) is 14.7. The predicted octanol–water partition coefficient (Wildman–Crippen LogP) is 3.74. The topological polar surface area (TPSA) is 151 Å². The number of hydrogen-bond donors (Lipinski definition) is 1. The van der Waals surface area contributed by atoms with Gasteiger partial charge in [-0.05, 0) is 67.6 Å². The Balaban J connectivity index is 1.15. The van der Waals surface area contributed by atoms with E-state index in [-0.39, 0.29) is 40.4 Å². The largest absolute Gasteiger partial charge is 0.308 e. The first kappa shape index (κ1) is 30.8. The molecule has 2 aromatic carbocycles. The van der Waals surface area contributed by atoms with E-state index in [9.17, 15) is 21.6 Å². The number of halogens is 1. The van der Waals surface area contributed by atoms with Crippen molar-refractivity contribution in [3.63, 3.8) is 0 Å². The Morgan fingerprint density at radius 2 is 1.64 bits per heavy atom. The molecule has 1 saturated heterocycles. The molecule has 1 N–H and O–H groups in total. The average molecular weight is 660 g/mol. The van der Waals surface area contributed by atoms with Gasteiger partial charge in [0.05, 0.1) is 16.3 Å². The molecule has 12 nitrogen and oxygen atoms in total. The van der Waals surface area contributed by atoms with Gasteiger partial charge >= 0.3 is 0 Å². The second kappa shape index (κ2) is 12.3. The maximum absolute atomic E-state index is 13.5. The van der Waals surface area contributed by atoms with Crippen molar-refractivity contribution in [3.8, 4) is 0 Å². The Labute approximate surface area is 261 Å². The van der Waals surface area contributed by atoms with Gasteiger partial charge in [0.1, 0.15) is 5.82 Å². The van der Waals surface area contributed by atoms with Crippen LogP contribution in [0.5, 0.6) is 0 Å². The van der Waals surface area contributed by atoms with Crippen LogP contribution in [-0.4, -0.2) is 76.6 Å². The van der Waals surface area contributed by atoms with Crippen molar-refractivity contribution >= 4 is 42.8 Å². The average Bonchev–Trinajstić information content (AvgIpc) is 3.44. The highest BCUT2D eigenvalue weighted by molar-refractivity contribution is 7.89. The van der Waals surface area contributed by atoms with E-state index >= 15 is 0 Å². The number of nitrogens with zero attached hydrogens (tertiary/aromatic N) is 6. The Kier molecular flexibility index (Phi) is 8.63. The molecule has 0 atom stereocenters. The first-order chi connectivity index (χ1) is 21.0. The number of fused-ring (bicyclic) bond motifs is 1. The molecule has 44 heavy (non-hydrogen) atoms. The second-order valence-corrected chi connectivity index (χ2v) is 15.8. The summed E-state index contributed by atoms with van der Waals surface area (Å²) >= 11 is 6.11. The number of sulfonamides is 2. The molecule has 1 aliphatic heterocycles. The quantitative estimate of drug-likeness (QED) is 0.300. The molecule has 15 heteroatoms. The summed E-state index contributed by atoms with van der Waals surface area (Å²) in [5.74, 6) is 0.293. The zero-order valence-corrected chi connectivity index (χ0v) is 26.7. The summed E-state index contributed by atoms with van der Waals surface area (Å²) in [5.41, 5.74) is 0.962. The number of aromatic amines is 1. The smallest absolute Gasteiger partial charge is 0.281 e. The molecule has 2 aromatic heterocycles. The van der Waals surface area contributed by atoms with E-state index in [2.05, 4.69) is 20.3 Å². The number of H-pyrrole nitrogens is 1. The molecule has 6 rings (SSSR count). The number of hydrogen-bond acceptors (Lipinski definition) is 8. The zero-order valence-electron chi connectivity index (χ0n) is 24.3. The molecule has 1 saturated carbocycles. The van der Waals surface area contributed by atoms with Gasteiger partial charge < -0.3 is 4.98 Å². The van der Waals surface area contributed by atoms with Crippen molar-refractivity contribution in [2.75, 3.05) is 20.1 Å². The van der Waals surface area contributed by atoms with Gasteiger partial charge in [0, 0.05) is 37.1 Å². The lowest BCUT2D eigenvalue weighted by molar-refractivity contribution is 0.286. The summed E-state index contributed by atoms with van der Waals surface area (Å²) < 4.78 is 57.7. The molecule has 4 aromatic rings. The van der Waals surface area contributed by atoms with Gasteiger partial charge in [-0.15, -0.1) is 5.10 Å². The number of rotatable bonds is 8. The van der Waals surface area contributed by atoms with Crippen LogP contribution in [-0.2, 0) is 26.6 Å². The van der Waals surface area contributed by atoms with Crippen LogP contribution in [0, 0.1) is 0 Å². The summed E-state index contributed by atoms with van der Waals surface area (Å²) in [5, 5.41) is 8.70. The van der Waals surface area contributed by atoms with E-state index in [1.165, 1.54) is 32.9 Å². The fourth-order valence-electron chi connectivity index (χ4n) is 6.10. The molecular weight excluding hydrogens is 626 g/mol. The molecule has 2 fully saturated rings. The summed E-state index contributed by atoms with van der Waals surface area (Å²) in [7, 11) is -5.98. The lowest BCUT2D eigenvalue weighted by Gasteiger charge is -2.31. The summed E-state index contributed by atoms with van der Waals surface area (Å²) in [6.07, 6.45) is 5.68. The standard InChI is InChI=1S/C29H34ClN7O5S2/c1-35(23-8-3-2-4-9-23)43(39,40)24-10-12-25(13-11-24)44(41,42)36-16-14-21(15-17-36)27-31-28-26(29(38)32-27)33-34-37(28)19-20-6-5-7-22(30)18-20/h5-7,10-13,18,21,23H,2-4,8-9,14-17,19H2,1H3,(H,31,32,38). The Hall–Kier alpha value is -3.17. The van der Waals surface area contributed by atoms with E-state index in [1.807, 2.05) is 18.2 Å². The minimum absolute atomic E-state index is 0.0385. The van der Waals surface area contributed by atoms with Crippen LogP contribution >= 0.6 is 11.6 Å². The third-order valence-corrected chi connectivity index (χ3v) is 12.8. The lowest BCUT2D eigenvalue weighted by atomic mass is 9.96. The Bertz CT molecular complexity index is 1930. The van der Waals surface area contributed by atoms with E-state index in [0.717, 1.165) is 37.7 Å². The highest BCUT2D eigenvalue weighted by Gasteiger charge is 2.33. The molecule has 1 aliphatic carbocycles. The molecule has 0 unspecified atom stereocenters. The van der Waals surface area contributed by atoms with Crippen molar-refractivity contribution in [3.05, 3.63) is 75.3 Å². The molecule has 0 radical (unpaired) electrons. The molecule has 3 heterocycles. The highest BCUT2D eigenvalue weighted by Crippen LogP contribution is 2.31. The third kappa shape index (κ3) is 6.05. The van der Waals surface area contributed by atoms with Gasteiger partial charge in [-0.3, -0.25) is 4.79 Å². The van der Waals surface area contributed by atoms with Crippen molar-refractivity contribution in [2.24, 2.45) is 0 Å². The summed E-state index contributed by atoms with van der Waals surface area (Å²) in [4.78, 5) is 20.4. The minimum atomic E-state index is -3.85. The summed E-state index contributed by atoms with van der Waals surface area (Å²) in [6.45, 7) is 0.777. The van der Waals surface area contributed by atoms with E-state index in [4.69, 9.17) is 11.6 Å². The normalized spacial score (nSPS) is 17.9. The van der Waals surface area contributed by atoms with Crippen LogP contribution in [0.3, 0.4) is 0 Å². The van der Waals surface area contributed by atoms with Crippen LogP contribution in [0.4, 0.5) is 0 Å². The molecular formula is C29H34ClN7O5S2. The van der Waals surface area contributed by atoms with Crippen molar-refractivity contribution < 1.29 is 16.8 Å². The van der Waals surface area contributed by atoms with Gasteiger partial charge in [0.2, 0.25) is 20.0 Å². The van der Waals surface area contributed by atoms with E-state index < -0.39 is 25.6 Å². The summed E-state index contributed by atoms with van der Waals surface area (Å²) in [6, 6.07) is 12.7. The molecule has 0 spiro atoms. The van der Waals surface area contributed by atoms with Crippen LogP contribution in [0.2, 0.25) is 5.02 Å². The van der Waals surface area contributed by atoms with Crippen molar-refractivity contribution in [1.82, 2.24) is 33.6 Å².